The number of hydrogen-bond donors (Lipinski definition) is 3. The van der Waals surface area contributed by atoms with Gasteiger partial charge >= 0.3 is 6.09 Å². The van der Waals surface area contributed by atoms with Gasteiger partial charge in [0.15, 0.2) is 0 Å². The number of nitrogens with zero attached hydrogens (tertiary/aromatic N) is 3. The number of anilines is 2. The molecule has 0 saturated heterocycles. The van der Waals surface area contributed by atoms with Crippen molar-refractivity contribution in [3.05, 3.63) is 60.8 Å². The van der Waals surface area contributed by atoms with Gasteiger partial charge in [0.1, 0.15) is 17.5 Å². The van der Waals surface area contributed by atoms with Crippen molar-refractivity contribution >= 4 is 39.2 Å². The predicted octanol–water partition coefficient (Wildman–Crippen LogP) is 4.88. The minimum atomic E-state index is -1.06. The van der Waals surface area contributed by atoms with Gasteiger partial charge in [-0.3, -0.25) is 4.90 Å². The summed E-state index contributed by atoms with van der Waals surface area (Å²) in [6.07, 6.45) is -0.438. The Labute approximate surface area is 187 Å². The minimum Gasteiger partial charge on any atom is -0.465 e. The number of aromatic nitrogens is 2. The van der Waals surface area contributed by atoms with Gasteiger partial charge < -0.3 is 15.5 Å². The predicted molar refractivity (Wildman–Crippen MR) is 125 cm³/mol. The Balaban J connectivity index is 1.51. The molecule has 0 bridgehead atoms. The van der Waals surface area contributed by atoms with Crippen LogP contribution in [-0.2, 0) is 0 Å². The number of benzene rings is 2. The zero-order valence-corrected chi connectivity index (χ0v) is 18.0. The fourth-order valence-electron chi connectivity index (χ4n) is 3.11. The summed E-state index contributed by atoms with van der Waals surface area (Å²) < 4.78 is 13.4. The summed E-state index contributed by atoms with van der Waals surface area (Å²) in [6.45, 7) is -0.632. The molecule has 2 heterocycles. The van der Waals surface area contributed by atoms with Crippen LogP contribution in [-0.4, -0.2) is 52.6 Å². The number of rotatable bonds is 7. The number of fused-ring (bicyclic) bond motifs is 1. The average molecular weight is 453 g/mol. The number of thiazole rings is 1. The zero-order valence-electron chi connectivity index (χ0n) is 17.2. The summed E-state index contributed by atoms with van der Waals surface area (Å²) in [4.78, 5) is 21.0. The quantitative estimate of drug-likeness (QED) is 0.370. The molecule has 9 heteroatoms. The van der Waals surface area contributed by atoms with E-state index in [1.54, 1.807) is 23.6 Å². The van der Waals surface area contributed by atoms with Gasteiger partial charge in [0.25, 0.3) is 0 Å². The highest BCUT2D eigenvalue weighted by Crippen LogP contribution is 2.33. The molecule has 0 aliphatic carbocycles. The minimum absolute atomic E-state index is 0.150. The Morgan fingerprint density at radius 2 is 1.84 bits per heavy atom. The lowest BCUT2D eigenvalue weighted by Gasteiger charge is -2.12. The number of carbonyl (C=O) groups is 1. The molecule has 0 fully saturated rings. The SMILES string of the molecule is CN(C(=O)O)c1ccc(-c2ccc(-c3nc4ccc(NCC(O)CF)cc4s3)cc2)cn1. The van der Waals surface area contributed by atoms with E-state index in [1.165, 1.54) is 7.05 Å². The molecule has 1 unspecified atom stereocenters. The van der Waals surface area contributed by atoms with Crippen molar-refractivity contribution < 1.29 is 19.4 Å². The Bertz CT molecular complexity index is 1230. The fourth-order valence-corrected chi connectivity index (χ4v) is 4.12. The second-order valence-electron chi connectivity index (χ2n) is 7.21. The lowest BCUT2D eigenvalue weighted by molar-refractivity contribution is 0.151. The highest BCUT2D eigenvalue weighted by molar-refractivity contribution is 7.21. The topological polar surface area (TPSA) is 98.6 Å². The number of aliphatic hydroxyl groups excluding tert-OH is 1. The first-order valence-electron chi connectivity index (χ1n) is 9.86. The first-order chi connectivity index (χ1) is 15.4. The van der Waals surface area contributed by atoms with E-state index in [1.807, 2.05) is 48.5 Å². The molecule has 0 aliphatic heterocycles. The maximum absolute atomic E-state index is 12.4. The van der Waals surface area contributed by atoms with Gasteiger partial charge in [-0.1, -0.05) is 24.3 Å². The Morgan fingerprint density at radius 3 is 2.50 bits per heavy atom. The molecule has 0 spiro atoms. The number of carboxylic acid groups (broad SMARTS) is 1. The average Bonchev–Trinajstić information content (AvgIpc) is 3.25. The highest BCUT2D eigenvalue weighted by Gasteiger charge is 2.11. The van der Waals surface area contributed by atoms with E-state index in [4.69, 9.17) is 10.1 Å². The van der Waals surface area contributed by atoms with Crippen molar-refractivity contribution in [1.29, 1.82) is 0 Å². The molecule has 0 radical (unpaired) electrons. The van der Waals surface area contributed by atoms with Crippen molar-refractivity contribution in [2.75, 3.05) is 30.5 Å². The number of alkyl halides is 1. The van der Waals surface area contributed by atoms with E-state index < -0.39 is 18.9 Å². The van der Waals surface area contributed by atoms with Crippen LogP contribution in [0.2, 0.25) is 0 Å². The molecule has 2 aromatic heterocycles. The van der Waals surface area contributed by atoms with Gasteiger partial charge in [0.2, 0.25) is 0 Å². The first-order valence-corrected chi connectivity index (χ1v) is 10.7. The van der Waals surface area contributed by atoms with Gasteiger partial charge in [0.05, 0.1) is 16.3 Å². The smallest absolute Gasteiger partial charge is 0.412 e. The standard InChI is InChI=1S/C23H21FN4O3S/c1-28(23(30)31)21-9-6-16(12-26-21)14-2-4-15(5-3-14)22-27-19-8-7-17(10-20(19)32-22)25-13-18(29)11-24/h2-10,12,18,25,29H,11,13H2,1H3,(H,30,31). The van der Waals surface area contributed by atoms with Crippen molar-refractivity contribution in [2.45, 2.75) is 6.10 Å². The second-order valence-corrected chi connectivity index (χ2v) is 8.25. The monoisotopic (exact) mass is 452 g/mol. The lowest BCUT2D eigenvalue weighted by atomic mass is 10.1. The Hall–Kier alpha value is -3.56. The third-order valence-electron chi connectivity index (χ3n) is 4.95. The van der Waals surface area contributed by atoms with E-state index in [2.05, 4.69) is 10.3 Å². The maximum atomic E-state index is 12.4. The number of nitrogens with one attached hydrogen (secondary N) is 1. The summed E-state index contributed by atoms with van der Waals surface area (Å²) in [6, 6.07) is 17.1. The van der Waals surface area contributed by atoms with Crippen LogP contribution in [0.5, 0.6) is 0 Å². The molecule has 7 nitrogen and oxygen atoms in total. The fraction of sp³-hybridized carbons (Fsp3) is 0.174. The Kier molecular flexibility index (Phi) is 6.29. The Morgan fingerprint density at radius 1 is 1.12 bits per heavy atom. The zero-order chi connectivity index (χ0) is 22.7. The summed E-state index contributed by atoms with van der Waals surface area (Å²) in [5, 5.41) is 22.3. The molecular weight excluding hydrogens is 431 g/mol. The van der Waals surface area contributed by atoms with Gasteiger partial charge in [-0.25, -0.2) is 19.2 Å². The van der Waals surface area contributed by atoms with Crippen LogP contribution < -0.4 is 10.2 Å². The number of aliphatic hydroxyl groups is 1. The second kappa shape index (κ2) is 9.29. The van der Waals surface area contributed by atoms with Crippen LogP contribution in [0.15, 0.2) is 60.8 Å². The molecule has 2 aromatic carbocycles. The molecule has 1 amide bonds. The van der Waals surface area contributed by atoms with Crippen molar-refractivity contribution in [1.82, 2.24) is 9.97 Å². The molecule has 0 saturated carbocycles. The van der Waals surface area contributed by atoms with Crippen LogP contribution in [0.3, 0.4) is 0 Å². The molecule has 1 atom stereocenters. The van der Waals surface area contributed by atoms with E-state index in [9.17, 15) is 14.3 Å². The van der Waals surface area contributed by atoms with E-state index in [-0.39, 0.29) is 6.54 Å². The lowest BCUT2D eigenvalue weighted by Crippen LogP contribution is -2.24. The summed E-state index contributed by atoms with van der Waals surface area (Å²) >= 11 is 1.55. The molecule has 32 heavy (non-hydrogen) atoms. The van der Waals surface area contributed by atoms with Crippen LogP contribution in [0.1, 0.15) is 0 Å². The van der Waals surface area contributed by atoms with Gasteiger partial charge in [-0.05, 0) is 35.9 Å². The molecule has 4 aromatic rings. The van der Waals surface area contributed by atoms with E-state index in [0.717, 1.165) is 42.5 Å². The third-order valence-corrected chi connectivity index (χ3v) is 6.02. The van der Waals surface area contributed by atoms with Gasteiger partial charge in [-0.2, -0.15) is 0 Å². The van der Waals surface area contributed by atoms with Crippen molar-refractivity contribution in [2.24, 2.45) is 0 Å². The van der Waals surface area contributed by atoms with E-state index in [0.29, 0.717) is 5.82 Å². The first kappa shape index (κ1) is 21.7. The highest BCUT2D eigenvalue weighted by atomic mass is 32.1. The van der Waals surface area contributed by atoms with Crippen LogP contribution >= 0.6 is 11.3 Å². The number of halogens is 1. The van der Waals surface area contributed by atoms with Crippen molar-refractivity contribution in [3.8, 4) is 21.7 Å². The molecule has 3 N–H and O–H groups in total. The largest absolute Gasteiger partial charge is 0.465 e. The maximum Gasteiger partial charge on any atom is 0.412 e. The number of hydrogen-bond acceptors (Lipinski definition) is 6. The summed E-state index contributed by atoms with van der Waals surface area (Å²) in [7, 11) is 1.45. The molecular formula is C23H21FN4O3S. The van der Waals surface area contributed by atoms with Crippen LogP contribution in [0.4, 0.5) is 20.7 Å². The molecule has 0 aliphatic rings. The number of amides is 1. The van der Waals surface area contributed by atoms with Crippen molar-refractivity contribution in [3.63, 3.8) is 0 Å². The molecule has 4 rings (SSSR count). The number of pyridine rings is 1. The van der Waals surface area contributed by atoms with Gasteiger partial charge in [-0.15, -0.1) is 11.3 Å². The normalized spacial score (nSPS) is 12.0. The van der Waals surface area contributed by atoms with Crippen LogP contribution in [0.25, 0.3) is 31.9 Å². The molecule has 164 valence electrons. The third kappa shape index (κ3) is 4.68. The summed E-state index contributed by atoms with van der Waals surface area (Å²) in [5.74, 6) is 0.361. The van der Waals surface area contributed by atoms with Crippen LogP contribution in [0, 0.1) is 0 Å². The van der Waals surface area contributed by atoms with E-state index >= 15 is 0 Å². The summed E-state index contributed by atoms with van der Waals surface area (Å²) in [5.41, 5.74) is 4.50. The van der Waals surface area contributed by atoms with Gasteiger partial charge in [0, 0.05) is 36.6 Å².